The molecule has 1 N–H and O–H groups in total. The van der Waals surface area contributed by atoms with Crippen molar-refractivity contribution >= 4 is 22.6 Å². The fraction of sp³-hybridized carbons (Fsp3) is 1.00. The number of hydrogen-bond acceptors (Lipinski definition) is 2. The molecule has 0 saturated carbocycles. The Labute approximate surface area is 102 Å². The van der Waals surface area contributed by atoms with E-state index in [0.29, 0.717) is 12.0 Å². The van der Waals surface area contributed by atoms with Crippen molar-refractivity contribution < 1.29 is 4.74 Å². The normalized spacial score (nSPS) is 13.5. The van der Waals surface area contributed by atoms with Crippen LogP contribution in [0.3, 0.4) is 0 Å². The Balaban J connectivity index is 3.25. The minimum Gasteiger partial charge on any atom is -0.380 e. The van der Waals surface area contributed by atoms with Crippen LogP contribution in [0.15, 0.2) is 0 Å². The van der Waals surface area contributed by atoms with Crippen LogP contribution in [0, 0.1) is 5.92 Å². The molecule has 1 unspecified atom stereocenters. The number of nitrogens with one attached hydrogen (secondary N) is 1. The van der Waals surface area contributed by atoms with Gasteiger partial charge in [0, 0.05) is 23.6 Å². The largest absolute Gasteiger partial charge is 0.380 e. The lowest BCUT2D eigenvalue weighted by Gasteiger charge is -2.19. The number of ether oxygens (including phenoxy) is 1. The van der Waals surface area contributed by atoms with Crippen molar-refractivity contribution in [3.63, 3.8) is 0 Å². The summed E-state index contributed by atoms with van der Waals surface area (Å²) >= 11 is 2.44. The van der Waals surface area contributed by atoms with E-state index in [4.69, 9.17) is 4.74 Å². The Hall–Kier alpha value is 0.650. The van der Waals surface area contributed by atoms with E-state index < -0.39 is 0 Å². The molecule has 0 aliphatic heterocycles. The van der Waals surface area contributed by atoms with Gasteiger partial charge in [-0.25, -0.2) is 0 Å². The van der Waals surface area contributed by atoms with Gasteiger partial charge < -0.3 is 10.1 Å². The van der Waals surface area contributed by atoms with Crippen LogP contribution < -0.4 is 5.32 Å². The van der Waals surface area contributed by atoms with Crippen LogP contribution in [0.1, 0.15) is 33.6 Å². The van der Waals surface area contributed by atoms with Gasteiger partial charge in [0.1, 0.15) is 0 Å². The molecule has 0 amide bonds. The lowest BCUT2D eigenvalue weighted by atomic mass is 10.1. The van der Waals surface area contributed by atoms with Gasteiger partial charge in [-0.15, -0.1) is 0 Å². The highest BCUT2D eigenvalue weighted by molar-refractivity contribution is 14.1. The monoisotopic (exact) mass is 313 g/mol. The summed E-state index contributed by atoms with van der Waals surface area (Å²) in [5, 5.41) is 3.51. The van der Waals surface area contributed by atoms with Crippen LogP contribution in [0.5, 0.6) is 0 Å². The second-order valence-electron chi connectivity index (χ2n) is 3.92. The zero-order chi connectivity index (χ0) is 10.8. The molecule has 0 aromatic carbocycles. The summed E-state index contributed by atoms with van der Waals surface area (Å²) < 4.78 is 6.65. The average Bonchev–Trinajstić information content (AvgIpc) is 2.16. The van der Waals surface area contributed by atoms with E-state index in [1.54, 1.807) is 0 Å². The van der Waals surface area contributed by atoms with Gasteiger partial charge in [-0.05, 0) is 12.3 Å². The van der Waals surface area contributed by atoms with E-state index in [2.05, 4.69) is 48.7 Å². The molecule has 14 heavy (non-hydrogen) atoms. The summed E-state index contributed by atoms with van der Waals surface area (Å²) in [6.45, 7) is 9.44. The van der Waals surface area contributed by atoms with E-state index in [0.717, 1.165) is 19.8 Å². The highest BCUT2D eigenvalue weighted by Gasteiger charge is 2.09. The molecule has 0 aliphatic carbocycles. The summed E-state index contributed by atoms with van der Waals surface area (Å²) in [5.41, 5.74) is 0. The molecule has 0 saturated heterocycles. The Morgan fingerprint density at radius 3 is 2.50 bits per heavy atom. The van der Waals surface area contributed by atoms with Crippen molar-refractivity contribution in [2.75, 3.05) is 24.2 Å². The van der Waals surface area contributed by atoms with Crippen molar-refractivity contribution in [3.05, 3.63) is 0 Å². The molecule has 2 nitrogen and oxygen atoms in total. The molecular formula is C11H24INO. The van der Waals surface area contributed by atoms with Crippen molar-refractivity contribution in [1.82, 2.24) is 5.32 Å². The van der Waals surface area contributed by atoms with Crippen molar-refractivity contribution in [2.45, 2.75) is 39.7 Å². The Kier molecular flexibility index (Phi) is 10.6. The quantitative estimate of drug-likeness (QED) is 0.401. The van der Waals surface area contributed by atoms with Gasteiger partial charge in [0.05, 0.1) is 6.61 Å². The smallest absolute Gasteiger partial charge is 0.0591 e. The third-order valence-corrected chi connectivity index (χ3v) is 3.22. The SMILES string of the molecule is CCCCOCCNC(CI)C(C)C. The second kappa shape index (κ2) is 10.2. The standard InChI is InChI=1S/C11H24INO/c1-4-5-7-14-8-6-13-11(9-12)10(2)3/h10-11,13H,4-9H2,1-3H3. The lowest BCUT2D eigenvalue weighted by molar-refractivity contribution is 0.130. The van der Waals surface area contributed by atoms with Crippen LogP contribution in [0.2, 0.25) is 0 Å². The zero-order valence-corrected chi connectivity index (χ0v) is 11.8. The molecule has 0 rings (SSSR count). The summed E-state index contributed by atoms with van der Waals surface area (Å²) in [6, 6.07) is 0.630. The van der Waals surface area contributed by atoms with Crippen LogP contribution in [-0.4, -0.2) is 30.2 Å². The highest BCUT2D eigenvalue weighted by atomic mass is 127. The molecule has 0 aromatic rings. The first-order valence-electron chi connectivity index (χ1n) is 5.59. The molecule has 0 fully saturated rings. The van der Waals surface area contributed by atoms with Crippen LogP contribution in [-0.2, 0) is 4.74 Å². The van der Waals surface area contributed by atoms with Gasteiger partial charge in [-0.1, -0.05) is 49.8 Å². The summed E-state index contributed by atoms with van der Waals surface area (Å²) in [6.07, 6.45) is 2.40. The van der Waals surface area contributed by atoms with Crippen LogP contribution in [0.4, 0.5) is 0 Å². The van der Waals surface area contributed by atoms with E-state index in [9.17, 15) is 0 Å². The molecule has 0 aromatic heterocycles. The maximum Gasteiger partial charge on any atom is 0.0591 e. The molecule has 0 bridgehead atoms. The van der Waals surface area contributed by atoms with Gasteiger partial charge in [0.25, 0.3) is 0 Å². The van der Waals surface area contributed by atoms with Crippen molar-refractivity contribution in [3.8, 4) is 0 Å². The topological polar surface area (TPSA) is 21.3 Å². The lowest BCUT2D eigenvalue weighted by Crippen LogP contribution is -2.37. The number of alkyl halides is 1. The molecule has 86 valence electrons. The second-order valence-corrected chi connectivity index (χ2v) is 4.81. The van der Waals surface area contributed by atoms with Gasteiger partial charge in [0.15, 0.2) is 0 Å². The predicted octanol–water partition coefficient (Wildman–Crippen LogP) is 2.85. The third kappa shape index (κ3) is 8.00. The Morgan fingerprint density at radius 1 is 1.29 bits per heavy atom. The first-order valence-corrected chi connectivity index (χ1v) is 7.12. The van der Waals surface area contributed by atoms with Crippen molar-refractivity contribution in [2.24, 2.45) is 5.92 Å². The van der Waals surface area contributed by atoms with Gasteiger partial charge in [0.2, 0.25) is 0 Å². The molecule has 0 radical (unpaired) electrons. The molecular weight excluding hydrogens is 289 g/mol. The molecule has 0 heterocycles. The molecule has 0 spiro atoms. The number of rotatable bonds is 9. The van der Waals surface area contributed by atoms with E-state index >= 15 is 0 Å². The van der Waals surface area contributed by atoms with E-state index in [1.165, 1.54) is 17.3 Å². The summed E-state index contributed by atoms with van der Waals surface area (Å²) in [7, 11) is 0. The van der Waals surface area contributed by atoms with E-state index in [1.807, 2.05) is 0 Å². The first kappa shape index (κ1) is 14.6. The summed E-state index contributed by atoms with van der Waals surface area (Å²) in [5.74, 6) is 0.711. The highest BCUT2D eigenvalue weighted by Crippen LogP contribution is 2.04. The van der Waals surface area contributed by atoms with Crippen LogP contribution >= 0.6 is 22.6 Å². The maximum absolute atomic E-state index is 5.48. The summed E-state index contributed by atoms with van der Waals surface area (Å²) in [4.78, 5) is 0. The number of unbranched alkanes of at least 4 members (excludes halogenated alkanes) is 1. The molecule has 3 heteroatoms. The van der Waals surface area contributed by atoms with Gasteiger partial charge in [-0.3, -0.25) is 0 Å². The van der Waals surface area contributed by atoms with Gasteiger partial charge in [-0.2, -0.15) is 0 Å². The number of halogens is 1. The maximum atomic E-state index is 5.48. The van der Waals surface area contributed by atoms with E-state index in [-0.39, 0.29) is 0 Å². The fourth-order valence-electron chi connectivity index (χ4n) is 1.13. The predicted molar refractivity (Wildman–Crippen MR) is 71.2 cm³/mol. The Morgan fingerprint density at radius 2 is 2.00 bits per heavy atom. The first-order chi connectivity index (χ1) is 6.72. The molecule has 1 atom stereocenters. The number of hydrogen-bond donors (Lipinski definition) is 1. The Bertz CT molecular complexity index is 120. The molecule has 0 aliphatic rings. The van der Waals surface area contributed by atoms with Crippen molar-refractivity contribution in [1.29, 1.82) is 0 Å². The van der Waals surface area contributed by atoms with Crippen LogP contribution in [0.25, 0.3) is 0 Å². The fourth-order valence-corrected chi connectivity index (χ4v) is 2.46. The minimum absolute atomic E-state index is 0.630. The minimum atomic E-state index is 0.630. The zero-order valence-electron chi connectivity index (χ0n) is 9.68. The average molecular weight is 313 g/mol. The third-order valence-electron chi connectivity index (χ3n) is 2.27. The van der Waals surface area contributed by atoms with Gasteiger partial charge >= 0.3 is 0 Å².